The van der Waals surface area contributed by atoms with Crippen LogP contribution in [0.3, 0.4) is 0 Å². The van der Waals surface area contributed by atoms with Crippen LogP contribution in [0.2, 0.25) is 0 Å². The molecule has 0 radical (unpaired) electrons. The lowest BCUT2D eigenvalue weighted by Gasteiger charge is -2.43. The average molecular weight is 371 g/mol. The number of halogens is 1. The summed E-state index contributed by atoms with van der Waals surface area (Å²) >= 11 is 1.34. The van der Waals surface area contributed by atoms with Gasteiger partial charge in [-0.2, -0.15) is 0 Å². The number of H-pyrrole nitrogens is 1. The lowest BCUT2D eigenvalue weighted by atomic mass is 9.63. The van der Waals surface area contributed by atoms with Gasteiger partial charge >= 0.3 is 0 Å². The average Bonchev–Trinajstić information content (AvgIpc) is 3.03. The molecule has 0 saturated heterocycles. The van der Waals surface area contributed by atoms with Crippen molar-refractivity contribution in [2.75, 3.05) is 7.05 Å². The minimum atomic E-state index is -0.677. The van der Waals surface area contributed by atoms with Gasteiger partial charge in [-0.3, -0.25) is 9.59 Å². The van der Waals surface area contributed by atoms with Gasteiger partial charge in [-0.15, -0.1) is 11.3 Å². The van der Waals surface area contributed by atoms with Crippen LogP contribution >= 0.6 is 11.3 Å². The van der Waals surface area contributed by atoms with Gasteiger partial charge in [0, 0.05) is 7.05 Å². The van der Waals surface area contributed by atoms with Crippen LogP contribution in [0, 0.1) is 5.82 Å². The summed E-state index contributed by atoms with van der Waals surface area (Å²) in [5, 5.41) is 1.82. The molecule has 1 fully saturated rings. The Morgan fingerprint density at radius 1 is 1.38 bits per heavy atom. The van der Waals surface area contributed by atoms with E-state index >= 15 is 0 Å². The number of carbonyl (C=O) groups is 1. The number of hydrogen-bond acceptors (Lipinski definition) is 4. The van der Waals surface area contributed by atoms with Crippen molar-refractivity contribution in [3.05, 3.63) is 63.3 Å². The number of likely N-dealkylation sites (N-methyl/N-ethyl adjacent to an activating group) is 1. The number of fused-ring (bicyclic) bond motifs is 1. The van der Waals surface area contributed by atoms with Crippen LogP contribution < -0.4 is 5.56 Å². The van der Waals surface area contributed by atoms with Gasteiger partial charge < -0.3 is 9.88 Å². The van der Waals surface area contributed by atoms with Gasteiger partial charge in [0.25, 0.3) is 5.56 Å². The highest BCUT2D eigenvalue weighted by atomic mass is 32.1. The molecule has 1 N–H and O–H groups in total. The lowest BCUT2D eigenvalue weighted by Crippen LogP contribution is -2.49. The number of thiophene rings is 1. The van der Waals surface area contributed by atoms with Gasteiger partial charge in [-0.25, -0.2) is 9.37 Å². The first-order valence-corrected chi connectivity index (χ1v) is 9.36. The molecule has 1 aliphatic rings. The number of aromatic nitrogens is 2. The van der Waals surface area contributed by atoms with Crippen molar-refractivity contribution in [2.24, 2.45) is 0 Å². The summed E-state index contributed by atoms with van der Waals surface area (Å²) in [5.74, 6) is 0.0472. The van der Waals surface area contributed by atoms with Crippen LogP contribution in [0.15, 0.2) is 40.5 Å². The fourth-order valence-corrected chi connectivity index (χ4v) is 4.33. The van der Waals surface area contributed by atoms with E-state index in [1.807, 2.05) is 11.4 Å². The first kappa shape index (κ1) is 16.9. The molecule has 2 aromatic heterocycles. The summed E-state index contributed by atoms with van der Waals surface area (Å²) in [6.07, 6.45) is 2.34. The number of benzene rings is 1. The second kappa shape index (κ2) is 6.32. The largest absolute Gasteiger partial charge is 0.338 e. The third kappa shape index (κ3) is 2.72. The second-order valence-corrected chi connectivity index (χ2v) is 7.67. The minimum Gasteiger partial charge on any atom is -0.338 e. The zero-order chi connectivity index (χ0) is 18.3. The molecule has 0 aliphatic heterocycles. The summed E-state index contributed by atoms with van der Waals surface area (Å²) in [4.78, 5) is 34.0. The number of rotatable bonds is 4. The Balaban J connectivity index is 1.61. The van der Waals surface area contributed by atoms with Gasteiger partial charge in [0.15, 0.2) is 0 Å². The van der Waals surface area contributed by atoms with E-state index in [-0.39, 0.29) is 23.8 Å². The van der Waals surface area contributed by atoms with Gasteiger partial charge in [0.1, 0.15) is 16.3 Å². The standard InChI is InChI=1S/C19H18FN3O2S/c1-23(11-15-21-14-6-9-26-16(14)17(24)22-15)18(25)19(7-3-8-19)12-4-2-5-13(20)10-12/h2,4-6,9-10H,3,7-8,11H2,1H3,(H,21,22,24). The highest BCUT2D eigenvalue weighted by molar-refractivity contribution is 7.17. The molecule has 0 unspecified atom stereocenters. The maximum absolute atomic E-state index is 13.7. The van der Waals surface area contributed by atoms with Gasteiger partial charge in [0.05, 0.1) is 17.5 Å². The summed E-state index contributed by atoms with van der Waals surface area (Å²) in [6, 6.07) is 8.07. The number of aromatic amines is 1. The summed E-state index contributed by atoms with van der Waals surface area (Å²) in [7, 11) is 1.69. The zero-order valence-electron chi connectivity index (χ0n) is 14.3. The van der Waals surface area contributed by atoms with Crippen molar-refractivity contribution in [3.8, 4) is 0 Å². The van der Waals surface area contributed by atoms with E-state index < -0.39 is 5.41 Å². The molecule has 1 saturated carbocycles. The van der Waals surface area contributed by atoms with E-state index in [0.29, 0.717) is 28.9 Å². The highest BCUT2D eigenvalue weighted by Crippen LogP contribution is 2.45. The molecular formula is C19H18FN3O2S. The number of nitrogens with one attached hydrogen (secondary N) is 1. The predicted molar refractivity (Wildman–Crippen MR) is 98.6 cm³/mol. The van der Waals surface area contributed by atoms with E-state index in [9.17, 15) is 14.0 Å². The van der Waals surface area contributed by atoms with Crippen molar-refractivity contribution >= 4 is 27.5 Å². The molecule has 1 aromatic carbocycles. The first-order valence-electron chi connectivity index (χ1n) is 8.48. The number of hydrogen-bond donors (Lipinski definition) is 1. The molecule has 3 aromatic rings. The van der Waals surface area contributed by atoms with E-state index in [1.54, 1.807) is 24.1 Å². The summed E-state index contributed by atoms with van der Waals surface area (Å²) in [5.41, 5.74) is 0.488. The van der Waals surface area contributed by atoms with Crippen LogP contribution in [0.5, 0.6) is 0 Å². The van der Waals surface area contributed by atoms with Crippen molar-refractivity contribution in [1.29, 1.82) is 0 Å². The smallest absolute Gasteiger partial charge is 0.268 e. The fraction of sp³-hybridized carbons (Fsp3) is 0.316. The molecule has 7 heteroatoms. The molecule has 0 bridgehead atoms. The van der Waals surface area contributed by atoms with E-state index in [0.717, 1.165) is 12.0 Å². The molecule has 5 nitrogen and oxygen atoms in total. The number of carbonyl (C=O) groups excluding carboxylic acids is 1. The second-order valence-electron chi connectivity index (χ2n) is 6.75. The number of nitrogens with zero attached hydrogens (tertiary/aromatic N) is 2. The van der Waals surface area contributed by atoms with Crippen molar-refractivity contribution in [2.45, 2.75) is 31.2 Å². The Morgan fingerprint density at radius 2 is 2.19 bits per heavy atom. The maximum atomic E-state index is 13.7. The van der Waals surface area contributed by atoms with Crippen LogP contribution in [-0.2, 0) is 16.8 Å². The van der Waals surface area contributed by atoms with Gasteiger partial charge in [-0.1, -0.05) is 18.6 Å². The van der Waals surface area contributed by atoms with Crippen LogP contribution in [0.4, 0.5) is 4.39 Å². The highest BCUT2D eigenvalue weighted by Gasteiger charge is 2.47. The van der Waals surface area contributed by atoms with E-state index in [2.05, 4.69) is 9.97 Å². The van der Waals surface area contributed by atoms with Crippen LogP contribution in [0.25, 0.3) is 10.2 Å². The van der Waals surface area contributed by atoms with E-state index in [1.165, 1.54) is 23.5 Å². The molecule has 4 rings (SSSR count). The van der Waals surface area contributed by atoms with E-state index in [4.69, 9.17) is 0 Å². The molecule has 2 heterocycles. The Kier molecular flexibility index (Phi) is 4.11. The summed E-state index contributed by atoms with van der Waals surface area (Å²) in [6.45, 7) is 0.205. The fourth-order valence-electron chi connectivity index (χ4n) is 3.60. The molecule has 1 aliphatic carbocycles. The predicted octanol–water partition coefficient (Wildman–Crippen LogP) is 3.20. The summed E-state index contributed by atoms with van der Waals surface area (Å²) < 4.78 is 14.2. The molecule has 134 valence electrons. The molecule has 1 amide bonds. The Labute approximate surface area is 153 Å². The Morgan fingerprint density at radius 3 is 2.88 bits per heavy atom. The third-order valence-electron chi connectivity index (χ3n) is 5.09. The van der Waals surface area contributed by atoms with Gasteiger partial charge in [-0.05, 0) is 42.0 Å². The topological polar surface area (TPSA) is 66.1 Å². The molecular weight excluding hydrogens is 353 g/mol. The van der Waals surface area contributed by atoms with Crippen molar-refractivity contribution < 1.29 is 9.18 Å². The lowest BCUT2D eigenvalue weighted by molar-refractivity contribution is -0.140. The monoisotopic (exact) mass is 371 g/mol. The normalized spacial score (nSPS) is 15.6. The quantitative estimate of drug-likeness (QED) is 0.766. The molecule has 0 spiro atoms. The van der Waals surface area contributed by atoms with Crippen molar-refractivity contribution in [1.82, 2.24) is 14.9 Å². The molecule has 26 heavy (non-hydrogen) atoms. The van der Waals surface area contributed by atoms with Crippen LogP contribution in [0.1, 0.15) is 30.7 Å². The first-order chi connectivity index (χ1) is 12.5. The third-order valence-corrected chi connectivity index (χ3v) is 5.99. The SMILES string of the molecule is CN(Cc1nc2ccsc2c(=O)[nH]1)C(=O)C1(c2cccc(F)c2)CCC1. The Bertz CT molecular complexity index is 1040. The van der Waals surface area contributed by atoms with Crippen LogP contribution in [-0.4, -0.2) is 27.8 Å². The van der Waals surface area contributed by atoms with Crippen molar-refractivity contribution in [3.63, 3.8) is 0 Å². The zero-order valence-corrected chi connectivity index (χ0v) is 15.1. The maximum Gasteiger partial charge on any atom is 0.268 e. The number of amides is 1. The van der Waals surface area contributed by atoms with Gasteiger partial charge in [0.2, 0.25) is 5.91 Å². The molecule has 0 atom stereocenters. The minimum absolute atomic E-state index is 0.0672. The Hall–Kier alpha value is -2.54.